The van der Waals surface area contributed by atoms with E-state index in [1.807, 2.05) is 0 Å². The lowest BCUT2D eigenvalue weighted by molar-refractivity contribution is 0.291. The molecule has 0 rings (SSSR count). The van der Waals surface area contributed by atoms with E-state index in [2.05, 4.69) is 32.8 Å². The summed E-state index contributed by atoms with van der Waals surface area (Å²) in [5.41, 5.74) is 0. The van der Waals surface area contributed by atoms with Crippen LogP contribution >= 0.6 is 0 Å². The largest absolute Gasteiger partial charge is 0.307 e. The van der Waals surface area contributed by atoms with Crippen LogP contribution in [0.4, 0.5) is 0 Å². The lowest BCUT2D eigenvalue weighted by Gasteiger charge is -2.19. The molecule has 0 heterocycles. The van der Waals surface area contributed by atoms with Crippen LogP contribution in [0.5, 0.6) is 0 Å². The van der Waals surface area contributed by atoms with Crippen molar-refractivity contribution in [2.75, 3.05) is 14.1 Å². The lowest BCUT2D eigenvalue weighted by Crippen LogP contribution is -2.24. The average Bonchev–Trinajstić information content (AvgIpc) is 2.21. The molecule has 0 fully saturated rings. The van der Waals surface area contributed by atoms with Gasteiger partial charge in [0, 0.05) is 6.04 Å². The van der Waals surface area contributed by atoms with E-state index in [1.165, 1.54) is 57.8 Å². The second kappa shape index (κ2) is 10.5. The quantitative estimate of drug-likeness (QED) is 0.484. The van der Waals surface area contributed by atoms with Crippen LogP contribution in [0.15, 0.2) is 0 Å². The highest BCUT2D eigenvalue weighted by molar-refractivity contribution is 4.59. The Labute approximate surface area is 97.2 Å². The Kier molecular flexibility index (Phi) is 10.4. The van der Waals surface area contributed by atoms with E-state index in [9.17, 15) is 0 Å². The second-order valence-corrected chi connectivity index (χ2v) is 5.08. The zero-order valence-electron chi connectivity index (χ0n) is 11.4. The molecule has 0 aliphatic rings. The first-order chi connectivity index (χ1) is 7.18. The maximum absolute atomic E-state index is 2.32. The van der Waals surface area contributed by atoms with Gasteiger partial charge in [-0.1, -0.05) is 58.3 Å². The minimum Gasteiger partial charge on any atom is -0.307 e. The summed E-state index contributed by atoms with van der Waals surface area (Å²) in [4.78, 5) is 2.32. The van der Waals surface area contributed by atoms with E-state index in [0.717, 1.165) is 6.04 Å². The Morgan fingerprint density at radius 1 is 0.800 bits per heavy atom. The molecule has 1 atom stereocenters. The van der Waals surface area contributed by atoms with Crippen molar-refractivity contribution in [3.63, 3.8) is 0 Å². The van der Waals surface area contributed by atoms with E-state index in [0.29, 0.717) is 0 Å². The number of nitrogens with zero attached hydrogens (tertiary/aromatic N) is 1. The molecule has 0 saturated heterocycles. The van der Waals surface area contributed by atoms with Gasteiger partial charge in [-0.25, -0.2) is 0 Å². The maximum Gasteiger partial charge on any atom is 0.00608 e. The Morgan fingerprint density at radius 3 is 1.73 bits per heavy atom. The van der Waals surface area contributed by atoms with E-state index in [4.69, 9.17) is 0 Å². The Balaban J connectivity index is 3.05. The van der Waals surface area contributed by atoms with Gasteiger partial charge in [-0.2, -0.15) is 0 Å². The third kappa shape index (κ3) is 10.2. The van der Waals surface area contributed by atoms with Gasteiger partial charge >= 0.3 is 0 Å². The van der Waals surface area contributed by atoms with Crippen molar-refractivity contribution in [3.8, 4) is 0 Å². The molecule has 0 bridgehead atoms. The topological polar surface area (TPSA) is 3.24 Å². The molecule has 0 spiro atoms. The number of hydrogen-bond donors (Lipinski definition) is 0. The molecule has 0 unspecified atom stereocenters. The number of hydrogen-bond acceptors (Lipinski definition) is 1. The van der Waals surface area contributed by atoms with Crippen LogP contribution in [0.1, 0.15) is 71.6 Å². The van der Waals surface area contributed by atoms with Gasteiger partial charge in [-0.05, 0) is 27.4 Å². The number of unbranched alkanes of at least 4 members (excludes halogenated alkanes) is 7. The smallest absolute Gasteiger partial charge is 0.00608 e. The molecule has 92 valence electrons. The van der Waals surface area contributed by atoms with Crippen LogP contribution < -0.4 is 0 Å². The highest BCUT2D eigenvalue weighted by atomic mass is 15.1. The molecule has 0 radical (unpaired) electrons. The fourth-order valence-electron chi connectivity index (χ4n) is 1.83. The summed E-state index contributed by atoms with van der Waals surface area (Å²) < 4.78 is 0. The monoisotopic (exact) mass is 213 g/mol. The molecular weight excluding hydrogens is 182 g/mol. The summed E-state index contributed by atoms with van der Waals surface area (Å²) in [5, 5.41) is 0. The standard InChI is InChI=1S/C14H31N/c1-5-6-7-8-9-10-11-12-13-14(2)15(3)4/h14H,5-13H2,1-4H3/t14-/m1/s1. The fraction of sp³-hybridized carbons (Fsp3) is 1.00. The molecule has 0 aromatic rings. The third-order valence-corrected chi connectivity index (χ3v) is 3.36. The predicted molar refractivity (Wildman–Crippen MR) is 70.4 cm³/mol. The molecule has 0 N–H and O–H groups in total. The van der Waals surface area contributed by atoms with Crippen LogP contribution in [0.3, 0.4) is 0 Å². The molecule has 0 saturated carbocycles. The molecule has 1 nitrogen and oxygen atoms in total. The Bertz CT molecular complexity index is 121. The molecule has 0 aliphatic carbocycles. The molecule has 1 heteroatoms. The molecule has 0 aromatic heterocycles. The summed E-state index contributed by atoms with van der Waals surface area (Å²) in [6.07, 6.45) is 12.8. The second-order valence-electron chi connectivity index (χ2n) is 5.08. The Morgan fingerprint density at radius 2 is 1.27 bits per heavy atom. The van der Waals surface area contributed by atoms with Crippen molar-refractivity contribution in [3.05, 3.63) is 0 Å². The minimum atomic E-state index is 0.755. The van der Waals surface area contributed by atoms with Crippen molar-refractivity contribution >= 4 is 0 Å². The van der Waals surface area contributed by atoms with Crippen molar-refractivity contribution in [2.45, 2.75) is 77.7 Å². The normalized spacial score (nSPS) is 13.4. The van der Waals surface area contributed by atoms with Gasteiger partial charge in [0.05, 0.1) is 0 Å². The third-order valence-electron chi connectivity index (χ3n) is 3.36. The first-order valence-corrected chi connectivity index (χ1v) is 6.85. The van der Waals surface area contributed by atoms with E-state index >= 15 is 0 Å². The zero-order valence-corrected chi connectivity index (χ0v) is 11.4. The van der Waals surface area contributed by atoms with Gasteiger partial charge in [0.25, 0.3) is 0 Å². The van der Waals surface area contributed by atoms with E-state index in [1.54, 1.807) is 0 Å². The van der Waals surface area contributed by atoms with Gasteiger partial charge in [0.2, 0.25) is 0 Å². The van der Waals surface area contributed by atoms with E-state index < -0.39 is 0 Å². The van der Waals surface area contributed by atoms with Crippen molar-refractivity contribution in [1.29, 1.82) is 0 Å². The van der Waals surface area contributed by atoms with Gasteiger partial charge in [0.15, 0.2) is 0 Å². The first-order valence-electron chi connectivity index (χ1n) is 6.85. The number of rotatable bonds is 10. The van der Waals surface area contributed by atoms with Crippen LogP contribution in [0, 0.1) is 0 Å². The first kappa shape index (κ1) is 15.0. The zero-order chi connectivity index (χ0) is 11.5. The van der Waals surface area contributed by atoms with Crippen LogP contribution in [-0.4, -0.2) is 25.0 Å². The summed E-state index contributed by atoms with van der Waals surface area (Å²) in [5.74, 6) is 0. The van der Waals surface area contributed by atoms with Crippen LogP contribution in [0.25, 0.3) is 0 Å². The fourth-order valence-corrected chi connectivity index (χ4v) is 1.83. The predicted octanol–water partition coefficient (Wildman–Crippen LogP) is 4.47. The van der Waals surface area contributed by atoms with E-state index in [-0.39, 0.29) is 0 Å². The van der Waals surface area contributed by atoms with Gasteiger partial charge < -0.3 is 4.90 Å². The van der Waals surface area contributed by atoms with Crippen molar-refractivity contribution in [2.24, 2.45) is 0 Å². The molecule has 0 aromatic carbocycles. The molecule has 15 heavy (non-hydrogen) atoms. The SMILES string of the molecule is CCCCCCCCCC[C@@H](C)N(C)C. The average molecular weight is 213 g/mol. The van der Waals surface area contributed by atoms with Crippen LogP contribution in [0.2, 0.25) is 0 Å². The molecule has 0 aliphatic heterocycles. The van der Waals surface area contributed by atoms with Crippen molar-refractivity contribution < 1.29 is 0 Å². The molecular formula is C14H31N. The highest BCUT2D eigenvalue weighted by Crippen LogP contribution is 2.11. The maximum atomic E-state index is 2.32. The molecule has 0 amide bonds. The van der Waals surface area contributed by atoms with Crippen molar-refractivity contribution in [1.82, 2.24) is 4.90 Å². The summed E-state index contributed by atoms with van der Waals surface area (Å²) in [6.45, 7) is 4.60. The summed E-state index contributed by atoms with van der Waals surface area (Å²) in [7, 11) is 4.35. The Hall–Kier alpha value is -0.0400. The lowest BCUT2D eigenvalue weighted by atomic mass is 10.1. The minimum absolute atomic E-state index is 0.755. The van der Waals surface area contributed by atoms with Gasteiger partial charge in [-0.3, -0.25) is 0 Å². The van der Waals surface area contributed by atoms with Crippen LogP contribution in [-0.2, 0) is 0 Å². The summed E-state index contributed by atoms with van der Waals surface area (Å²) in [6, 6.07) is 0.755. The van der Waals surface area contributed by atoms with Gasteiger partial charge in [0.1, 0.15) is 0 Å². The highest BCUT2D eigenvalue weighted by Gasteiger charge is 2.02. The summed E-state index contributed by atoms with van der Waals surface area (Å²) >= 11 is 0. The van der Waals surface area contributed by atoms with Gasteiger partial charge in [-0.15, -0.1) is 0 Å².